The molecule has 3 N–H and O–H groups in total. The highest BCUT2D eigenvalue weighted by atomic mass is 16.5. The fraction of sp³-hybridized carbons (Fsp3) is 0.500. The number of carbonyl (C=O) groups excluding carboxylic acids is 1. The van der Waals surface area contributed by atoms with Gasteiger partial charge in [0, 0.05) is 12.5 Å². The van der Waals surface area contributed by atoms with Crippen LogP contribution in [0.5, 0.6) is 5.75 Å². The Morgan fingerprint density at radius 3 is 2.83 bits per heavy atom. The molecule has 0 aliphatic heterocycles. The van der Waals surface area contributed by atoms with Gasteiger partial charge in [-0.15, -0.1) is 0 Å². The molecule has 0 fully saturated rings. The van der Waals surface area contributed by atoms with E-state index in [1.807, 2.05) is 38.1 Å². The molecular weight excluding hydrogens is 228 g/mol. The van der Waals surface area contributed by atoms with Gasteiger partial charge in [-0.1, -0.05) is 19.1 Å². The van der Waals surface area contributed by atoms with Crippen molar-refractivity contribution in [3.63, 3.8) is 0 Å². The van der Waals surface area contributed by atoms with Crippen LogP contribution in [-0.2, 0) is 4.79 Å². The molecule has 0 bridgehead atoms. The first-order chi connectivity index (χ1) is 8.56. The number of methoxy groups -OCH3 is 1. The Bertz CT molecular complexity index is 393. The average molecular weight is 250 g/mol. The summed E-state index contributed by atoms with van der Waals surface area (Å²) < 4.78 is 5.16. The minimum atomic E-state index is -0.0671. The number of amides is 1. The Balaban J connectivity index is 2.58. The Hall–Kier alpha value is -1.55. The van der Waals surface area contributed by atoms with Crippen molar-refractivity contribution < 1.29 is 9.53 Å². The fourth-order valence-corrected chi connectivity index (χ4v) is 1.68. The Morgan fingerprint density at radius 2 is 2.22 bits per heavy atom. The number of carbonyl (C=O) groups is 1. The smallest absolute Gasteiger partial charge is 0.222 e. The van der Waals surface area contributed by atoms with Crippen LogP contribution in [0.2, 0.25) is 0 Å². The Kier molecular flexibility index (Phi) is 5.65. The molecule has 0 heterocycles. The second-order valence-corrected chi connectivity index (χ2v) is 4.44. The number of benzene rings is 1. The van der Waals surface area contributed by atoms with Gasteiger partial charge in [-0.25, -0.2) is 0 Å². The monoisotopic (exact) mass is 250 g/mol. The lowest BCUT2D eigenvalue weighted by atomic mass is 10.1. The van der Waals surface area contributed by atoms with Gasteiger partial charge in [-0.2, -0.15) is 0 Å². The van der Waals surface area contributed by atoms with E-state index in [9.17, 15) is 4.79 Å². The standard InChI is InChI=1S/C14H22N2O2/c1-4-12(15)9-14(17)16-10(2)11-6-5-7-13(8-11)18-3/h5-8,10,12H,4,9,15H2,1-3H3,(H,16,17). The molecule has 0 aliphatic carbocycles. The Labute approximate surface area is 109 Å². The van der Waals surface area contributed by atoms with E-state index in [-0.39, 0.29) is 18.0 Å². The number of hydrogen-bond donors (Lipinski definition) is 2. The summed E-state index contributed by atoms with van der Waals surface area (Å²) in [6.07, 6.45) is 1.17. The van der Waals surface area contributed by atoms with Gasteiger partial charge in [0.1, 0.15) is 5.75 Å². The maximum Gasteiger partial charge on any atom is 0.222 e. The summed E-state index contributed by atoms with van der Waals surface area (Å²) >= 11 is 0. The fourth-order valence-electron chi connectivity index (χ4n) is 1.68. The molecule has 4 nitrogen and oxygen atoms in total. The third-order valence-corrected chi connectivity index (χ3v) is 2.94. The normalized spacial score (nSPS) is 13.8. The van der Waals surface area contributed by atoms with Crippen molar-refractivity contribution >= 4 is 5.91 Å². The van der Waals surface area contributed by atoms with E-state index in [2.05, 4.69) is 5.32 Å². The summed E-state index contributed by atoms with van der Waals surface area (Å²) in [6, 6.07) is 7.57. The third kappa shape index (κ3) is 4.37. The zero-order chi connectivity index (χ0) is 13.5. The van der Waals surface area contributed by atoms with E-state index in [0.717, 1.165) is 17.7 Å². The number of rotatable bonds is 6. The minimum absolute atomic E-state index is 0.0142. The molecule has 4 heteroatoms. The average Bonchev–Trinajstić information content (AvgIpc) is 2.38. The van der Waals surface area contributed by atoms with Crippen molar-refractivity contribution in [2.75, 3.05) is 7.11 Å². The molecule has 0 saturated carbocycles. The predicted molar refractivity (Wildman–Crippen MR) is 72.4 cm³/mol. The first kappa shape index (κ1) is 14.5. The lowest BCUT2D eigenvalue weighted by Crippen LogP contribution is -2.32. The van der Waals surface area contributed by atoms with Crippen molar-refractivity contribution in [1.29, 1.82) is 0 Å². The van der Waals surface area contributed by atoms with Crippen LogP contribution < -0.4 is 15.8 Å². The van der Waals surface area contributed by atoms with Gasteiger partial charge in [-0.3, -0.25) is 4.79 Å². The van der Waals surface area contributed by atoms with E-state index < -0.39 is 0 Å². The number of nitrogens with one attached hydrogen (secondary N) is 1. The zero-order valence-electron chi connectivity index (χ0n) is 11.3. The second-order valence-electron chi connectivity index (χ2n) is 4.44. The molecule has 0 aliphatic rings. The minimum Gasteiger partial charge on any atom is -0.497 e. The summed E-state index contributed by atoms with van der Waals surface area (Å²) in [7, 11) is 1.63. The highest BCUT2D eigenvalue weighted by Crippen LogP contribution is 2.18. The molecule has 1 amide bonds. The molecule has 18 heavy (non-hydrogen) atoms. The van der Waals surface area contributed by atoms with Gasteiger partial charge in [-0.05, 0) is 31.0 Å². The van der Waals surface area contributed by atoms with E-state index in [1.54, 1.807) is 7.11 Å². The molecule has 0 radical (unpaired) electrons. The van der Waals surface area contributed by atoms with Gasteiger partial charge in [0.25, 0.3) is 0 Å². The lowest BCUT2D eigenvalue weighted by molar-refractivity contribution is -0.122. The van der Waals surface area contributed by atoms with Crippen LogP contribution >= 0.6 is 0 Å². The lowest BCUT2D eigenvalue weighted by Gasteiger charge is -2.16. The van der Waals surface area contributed by atoms with Crippen LogP contribution in [0, 0.1) is 0 Å². The van der Waals surface area contributed by atoms with Crippen molar-refractivity contribution in [2.45, 2.75) is 38.8 Å². The summed E-state index contributed by atoms with van der Waals surface area (Å²) in [5.74, 6) is 0.776. The topological polar surface area (TPSA) is 64.4 Å². The molecule has 0 saturated heterocycles. The largest absolute Gasteiger partial charge is 0.497 e. The van der Waals surface area contributed by atoms with Gasteiger partial charge in [0.2, 0.25) is 5.91 Å². The highest BCUT2D eigenvalue weighted by Gasteiger charge is 2.12. The van der Waals surface area contributed by atoms with Gasteiger partial charge in [0.05, 0.1) is 13.2 Å². The molecule has 1 aromatic rings. The SMILES string of the molecule is CCC(N)CC(=O)NC(C)c1cccc(OC)c1. The third-order valence-electron chi connectivity index (χ3n) is 2.94. The summed E-state index contributed by atoms with van der Waals surface area (Å²) in [5.41, 5.74) is 6.77. The quantitative estimate of drug-likeness (QED) is 0.811. The van der Waals surface area contributed by atoms with E-state index in [4.69, 9.17) is 10.5 Å². The van der Waals surface area contributed by atoms with Crippen LogP contribution in [0.4, 0.5) is 0 Å². The number of nitrogens with two attached hydrogens (primary N) is 1. The maximum absolute atomic E-state index is 11.7. The Morgan fingerprint density at radius 1 is 1.50 bits per heavy atom. The zero-order valence-corrected chi connectivity index (χ0v) is 11.3. The second kappa shape index (κ2) is 7.01. The summed E-state index contributed by atoms with van der Waals surface area (Å²) in [4.78, 5) is 11.7. The molecule has 100 valence electrons. The van der Waals surface area contributed by atoms with Crippen molar-refractivity contribution in [2.24, 2.45) is 5.73 Å². The van der Waals surface area contributed by atoms with Crippen LogP contribution in [0.15, 0.2) is 24.3 Å². The molecule has 1 aromatic carbocycles. The first-order valence-corrected chi connectivity index (χ1v) is 6.25. The van der Waals surface area contributed by atoms with Crippen LogP contribution in [0.1, 0.15) is 38.3 Å². The molecule has 2 unspecified atom stereocenters. The molecule has 2 atom stereocenters. The van der Waals surface area contributed by atoms with Crippen LogP contribution in [0.25, 0.3) is 0 Å². The van der Waals surface area contributed by atoms with Gasteiger partial charge < -0.3 is 15.8 Å². The maximum atomic E-state index is 11.7. The summed E-state index contributed by atoms with van der Waals surface area (Å²) in [5, 5.41) is 2.94. The van der Waals surface area contributed by atoms with E-state index in [1.165, 1.54) is 0 Å². The number of ether oxygens (including phenoxy) is 1. The van der Waals surface area contributed by atoms with Crippen molar-refractivity contribution in [3.05, 3.63) is 29.8 Å². The molecular formula is C14H22N2O2. The number of hydrogen-bond acceptors (Lipinski definition) is 3. The predicted octanol–water partition coefficient (Wildman–Crippen LogP) is 2.00. The molecule has 1 rings (SSSR count). The van der Waals surface area contributed by atoms with Crippen molar-refractivity contribution in [3.8, 4) is 5.75 Å². The molecule has 0 spiro atoms. The first-order valence-electron chi connectivity index (χ1n) is 6.25. The van der Waals surface area contributed by atoms with Crippen LogP contribution in [0.3, 0.4) is 0 Å². The van der Waals surface area contributed by atoms with Gasteiger partial charge in [0.15, 0.2) is 0 Å². The summed E-state index contributed by atoms with van der Waals surface area (Å²) in [6.45, 7) is 3.92. The van der Waals surface area contributed by atoms with Crippen LogP contribution in [-0.4, -0.2) is 19.1 Å². The van der Waals surface area contributed by atoms with Gasteiger partial charge >= 0.3 is 0 Å². The van der Waals surface area contributed by atoms with E-state index in [0.29, 0.717) is 6.42 Å². The van der Waals surface area contributed by atoms with Crippen molar-refractivity contribution in [1.82, 2.24) is 5.32 Å². The highest BCUT2D eigenvalue weighted by molar-refractivity contribution is 5.77. The van der Waals surface area contributed by atoms with E-state index >= 15 is 0 Å². The molecule has 0 aromatic heterocycles.